The van der Waals surface area contributed by atoms with Crippen molar-refractivity contribution in [3.8, 4) is 0 Å². The molecule has 0 aliphatic carbocycles. The fraction of sp³-hybridized carbons (Fsp3) is 0.600. The first-order chi connectivity index (χ1) is 8.79. The van der Waals surface area contributed by atoms with Crippen molar-refractivity contribution in [3.05, 3.63) is 33.8 Å². The van der Waals surface area contributed by atoms with Gasteiger partial charge in [-0.25, -0.2) is 0 Å². The molecule has 2 nitrogen and oxygen atoms in total. The van der Waals surface area contributed by atoms with Crippen LogP contribution in [0.4, 0.5) is 0 Å². The van der Waals surface area contributed by atoms with Crippen LogP contribution in [-0.4, -0.2) is 26.3 Å². The lowest BCUT2D eigenvalue weighted by Crippen LogP contribution is -2.47. The van der Waals surface area contributed by atoms with Gasteiger partial charge in [0.15, 0.2) is 0 Å². The number of halogens is 2. The van der Waals surface area contributed by atoms with Crippen LogP contribution >= 0.6 is 23.2 Å². The van der Waals surface area contributed by atoms with Gasteiger partial charge in [-0.1, -0.05) is 50.0 Å². The highest BCUT2D eigenvalue weighted by Gasteiger charge is 2.31. The first-order valence-corrected chi connectivity index (χ1v) is 7.19. The van der Waals surface area contributed by atoms with Gasteiger partial charge >= 0.3 is 0 Å². The van der Waals surface area contributed by atoms with Crippen molar-refractivity contribution in [3.63, 3.8) is 0 Å². The maximum absolute atomic E-state index is 6.24. The standard InChI is InChI=1S/C15H23Cl2NO/c1-15(2,3)14(19-5)13(18-4)8-10-6-7-11(16)9-12(10)17/h6-7,9,13-14,18H,8H2,1-5H3. The van der Waals surface area contributed by atoms with Gasteiger partial charge in [0.25, 0.3) is 0 Å². The van der Waals surface area contributed by atoms with Gasteiger partial charge in [0.1, 0.15) is 0 Å². The third-order valence-electron chi connectivity index (χ3n) is 3.30. The highest BCUT2D eigenvalue weighted by atomic mass is 35.5. The fourth-order valence-electron chi connectivity index (χ4n) is 2.41. The van der Waals surface area contributed by atoms with E-state index in [9.17, 15) is 0 Å². The number of rotatable bonds is 5. The first-order valence-electron chi connectivity index (χ1n) is 6.43. The molecule has 0 fully saturated rings. The number of nitrogens with one attached hydrogen (secondary N) is 1. The second kappa shape index (κ2) is 6.94. The summed E-state index contributed by atoms with van der Waals surface area (Å²) in [5, 5.41) is 4.70. The Morgan fingerprint density at radius 3 is 2.32 bits per heavy atom. The average Bonchev–Trinajstić information content (AvgIpc) is 2.30. The van der Waals surface area contributed by atoms with Crippen LogP contribution in [0.3, 0.4) is 0 Å². The van der Waals surface area contributed by atoms with E-state index in [1.165, 1.54) is 0 Å². The lowest BCUT2D eigenvalue weighted by Gasteiger charge is -2.36. The molecule has 2 unspecified atom stereocenters. The Labute approximate surface area is 126 Å². The molecule has 0 saturated heterocycles. The molecule has 1 N–H and O–H groups in total. The Morgan fingerprint density at radius 1 is 1.26 bits per heavy atom. The minimum Gasteiger partial charge on any atom is -0.379 e. The number of likely N-dealkylation sites (N-methyl/N-ethyl adjacent to an activating group) is 1. The van der Waals surface area contributed by atoms with Crippen molar-refractivity contribution in [2.75, 3.05) is 14.2 Å². The summed E-state index contributed by atoms with van der Waals surface area (Å²) in [7, 11) is 3.70. The number of benzene rings is 1. The van der Waals surface area contributed by atoms with Crippen molar-refractivity contribution in [1.29, 1.82) is 0 Å². The van der Waals surface area contributed by atoms with Gasteiger partial charge in [0, 0.05) is 23.2 Å². The lowest BCUT2D eigenvalue weighted by atomic mass is 9.82. The monoisotopic (exact) mass is 303 g/mol. The number of hydrogen-bond acceptors (Lipinski definition) is 2. The molecule has 108 valence electrons. The van der Waals surface area contributed by atoms with Crippen LogP contribution in [0.1, 0.15) is 26.3 Å². The van der Waals surface area contributed by atoms with Gasteiger partial charge in [-0.15, -0.1) is 0 Å². The normalized spacial score (nSPS) is 15.3. The molecule has 4 heteroatoms. The molecular formula is C15H23Cl2NO. The molecule has 1 aromatic rings. The SMILES string of the molecule is CNC(Cc1ccc(Cl)cc1Cl)C(OC)C(C)(C)C. The molecule has 0 saturated carbocycles. The molecule has 1 aromatic carbocycles. The second-order valence-electron chi connectivity index (χ2n) is 5.86. The number of hydrogen-bond donors (Lipinski definition) is 1. The van der Waals surface area contributed by atoms with Crippen molar-refractivity contribution in [2.45, 2.75) is 39.3 Å². The van der Waals surface area contributed by atoms with E-state index in [1.807, 2.05) is 19.2 Å². The predicted octanol–water partition coefficient (Wildman–Crippen LogP) is 4.19. The summed E-state index contributed by atoms with van der Waals surface area (Å²) >= 11 is 12.2. The van der Waals surface area contributed by atoms with Crippen LogP contribution in [-0.2, 0) is 11.2 Å². The molecule has 0 aromatic heterocycles. The Bertz CT molecular complexity index is 415. The minimum absolute atomic E-state index is 0.0569. The zero-order valence-electron chi connectivity index (χ0n) is 12.3. The summed E-state index contributed by atoms with van der Waals surface area (Å²) in [6.07, 6.45) is 0.909. The van der Waals surface area contributed by atoms with E-state index < -0.39 is 0 Å². The first kappa shape index (κ1) is 16.8. The van der Waals surface area contributed by atoms with Crippen molar-refractivity contribution in [2.24, 2.45) is 5.41 Å². The summed E-state index contributed by atoms with van der Waals surface area (Å²) in [6.45, 7) is 6.53. The fourth-order valence-corrected chi connectivity index (χ4v) is 2.89. The lowest BCUT2D eigenvalue weighted by molar-refractivity contribution is -0.00920. The highest BCUT2D eigenvalue weighted by Crippen LogP contribution is 2.28. The second-order valence-corrected chi connectivity index (χ2v) is 6.70. The van der Waals surface area contributed by atoms with Crippen molar-refractivity contribution < 1.29 is 4.74 Å². The Hall–Kier alpha value is -0.280. The third kappa shape index (κ3) is 4.64. The molecule has 2 atom stereocenters. The van der Waals surface area contributed by atoms with Crippen LogP contribution in [0.2, 0.25) is 10.0 Å². The smallest absolute Gasteiger partial charge is 0.0775 e. The molecule has 0 aliphatic rings. The summed E-state index contributed by atoms with van der Waals surface area (Å²) in [5.41, 5.74) is 1.14. The molecule has 0 amide bonds. The summed E-state index contributed by atoms with van der Waals surface area (Å²) < 4.78 is 5.67. The minimum atomic E-state index is 0.0569. The van der Waals surface area contributed by atoms with Crippen molar-refractivity contribution >= 4 is 23.2 Å². The van der Waals surface area contributed by atoms with Crippen LogP contribution in [0.5, 0.6) is 0 Å². The quantitative estimate of drug-likeness (QED) is 0.881. The summed E-state index contributed by atoms with van der Waals surface area (Å²) in [4.78, 5) is 0. The Morgan fingerprint density at radius 2 is 1.89 bits per heavy atom. The Kier molecular flexibility index (Phi) is 6.13. The van der Waals surface area contributed by atoms with Crippen LogP contribution in [0, 0.1) is 5.41 Å². The van der Waals surface area contributed by atoms with Crippen LogP contribution in [0.15, 0.2) is 18.2 Å². The molecule has 0 aliphatic heterocycles. The summed E-state index contributed by atoms with van der Waals surface area (Å²) in [5.74, 6) is 0. The van der Waals surface area contributed by atoms with Crippen molar-refractivity contribution in [1.82, 2.24) is 5.32 Å². The van der Waals surface area contributed by atoms with E-state index in [1.54, 1.807) is 13.2 Å². The summed E-state index contributed by atoms with van der Waals surface area (Å²) in [6, 6.07) is 5.83. The molecule has 19 heavy (non-hydrogen) atoms. The Balaban J connectivity index is 2.92. The maximum Gasteiger partial charge on any atom is 0.0775 e. The zero-order valence-corrected chi connectivity index (χ0v) is 13.8. The van der Waals surface area contributed by atoms with Gasteiger partial charge in [0.2, 0.25) is 0 Å². The molecular weight excluding hydrogens is 281 g/mol. The van der Waals surface area contributed by atoms with Gasteiger partial charge in [-0.2, -0.15) is 0 Å². The van der Waals surface area contributed by atoms with E-state index >= 15 is 0 Å². The van der Waals surface area contributed by atoms with Gasteiger partial charge in [-0.05, 0) is 36.6 Å². The maximum atomic E-state index is 6.24. The van der Waals surface area contributed by atoms with E-state index in [0.29, 0.717) is 10.0 Å². The molecule has 0 bridgehead atoms. The van der Waals surface area contributed by atoms with Crippen LogP contribution in [0.25, 0.3) is 0 Å². The van der Waals surface area contributed by atoms with E-state index in [4.69, 9.17) is 27.9 Å². The number of ether oxygens (including phenoxy) is 1. The topological polar surface area (TPSA) is 21.3 Å². The number of methoxy groups -OCH3 is 1. The van der Waals surface area contributed by atoms with Gasteiger partial charge in [0.05, 0.1) is 6.10 Å². The van der Waals surface area contributed by atoms with Gasteiger partial charge < -0.3 is 10.1 Å². The van der Waals surface area contributed by atoms with E-state index in [-0.39, 0.29) is 17.6 Å². The van der Waals surface area contributed by atoms with E-state index in [2.05, 4.69) is 26.1 Å². The predicted molar refractivity (Wildman–Crippen MR) is 83.3 cm³/mol. The van der Waals surface area contributed by atoms with Gasteiger partial charge in [-0.3, -0.25) is 0 Å². The average molecular weight is 304 g/mol. The largest absolute Gasteiger partial charge is 0.379 e. The molecule has 0 heterocycles. The van der Waals surface area contributed by atoms with Crippen LogP contribution < -0.4 is 5.32 Å². The van der Waals surface area contributed by atoms with E-state index in [0.717, 1.165) is 12.0 Å². The molecule has 0 spiro atoms. The molecule has 1 rings (SSSR count). The highest BCUT2D eigenvalue weighted by molar-refractivity contribution is 6.35. The zero-order chi connectivity index (χ0) is 14.6. The molecule has 0 radical (unpaired) electrons. The third-order valence-corrected chi connectivity index (χ3v) is 3.89.